The minimum absolute atomic E-state index is 0.192. The van der Waals surface area contributed by atoms with Gasteiger partial charge in [-0.1, -0.05) is 13.8 Å². The van der Waals surface area contributed by atoms with E-state index in [1.807, 2.05) is 29.7 Å². The Morgan fingerprint density at radius 2 is 2.12 bits per heavy atom. The number of aromatic nitrogens is 5. The van der Waals surface area contributed by atoms with E-state index in [9.17, 15) is 4.79 Å². The van der Waals surface area contributed by atoms with Crippen LogP contribution in [0.2, 0.25) is 0 Å². The maximum absolute atomic E-state index is 12.9. The Morgan fingerprint density at radius 1 is 1.35 bits per heavy atom. The third-order valence-corrected chi connectivity index (χ3v) is 6.01. The first-order chi connectivity index (χ1) is 12.4. The van der Waals surface area contributed by atoms with Crippen LogP contribution in [0, 0.1) is 18.8 Å². The minimum Gasteiger partial charge on any atom is -0.341 e. The summed E-state index contributed by atoms with van der Waals surface area (Å²) in [5, 5.41) is 11.8. The van der Waals surface area contributed by atoms with Crippen molar-refractivity contribution < 1.29 is 4.79 Å². The number of carbonyl (C=O) groups is 1. The molecule has 2 aliphatic rings. The van der Waals surface area contributed by atoms with Crippen LogP contribution in [0.15, 0.2) is 6.20 Å². The Morgan fingerprint density at radius 3 is 2.69 bits per heavy atom. The van der Waals surface area contributed by atoms with Crippen LogP contribution in [0.25, 0.3) is 0 Å². The highest BCUT2D eigenvalue weighted by Gasteiger charge is 2.45. The van der Waals surface area contributed by atoms with Crippen LogP contribution in [0.5, 0.6) is 0 Å². The molecule has 26 heavy (non-hydrogen) atoms. The number of likely N-dealkylation sites (tertiary alicyclic amines) is 1. The second-order valence-corrected chi connectivity index (χ2v) is 8.20. The number of aromatic amines is 1. The van der Waals surface area contributed by atoms with Crippen molar-refractivity contribution in [3.8, 4) is 0 Å². The van der Waals surface area contributed by atoms with Crippen LogP contribution < -0.4 is 0 Å². The lowest BCUT2D eigenvalue weighted by molar-refractivity contribution is -0.129. The zero-order chi connectivity index (χ0) is 18.4. The third kappa shape index (κ3) is 3.15. The standard InChI is InChI=1S/C19H28N6O/c1-11(2)18-21-19(23-22-18)16-10-25(9-15(16)13-5-6-13)17(26)7-14-8-20-24(4)12(14)3/h8,11,13,15-16H,5-7,9-10H2,1-4H3,(H,21,22,23)/t15-,16+/m1/s1. The van der Waals surface area contributed by atoms with Crippen LogP contribution in [0.4, 0.5) is 0 Å². The maximum atomic E-state index is 12.9. The quantitative estimate of drug-likeness (QED) is 0.890. The zero-order valence-electron chi connectivity index (χ0n) is 16.1. The molecule has 1 saturated heterocycles. The third-order valence-electron chi connectivity index (χ3n) is 6.01. The molecule has 1 saturated carbocycles. The molecule has 7 nitrogen and oxygen atoms in total. The summed E-state index contributed by atoms with van der Waals surface area (Å²) in [4.78, 5) is 19.7. The molecule has 2 aromatic rings. The van der Waals surface area contributed by atoms with Gasteiger partial charge in [-0.15, -0.1) is 0 Å². The van der Waals surface area contributed by atoms with Gasteiger partial charge in [0.25, 0.3) is 0 Å². The first-order valence-electron chi connectivity index (χ1n) is 9.61. The molecule has 7 heteroatoms. The van der Waals surface area contributed by atoms with Crippen molar-refractivity contribution in [1.29, 1.82) is 0 Å². The number of hydrogen-bond acceptors (Lipinski definition) is 4. The number of nitrogens with zero attached hydrogens (tertiary/aromatic N) is 5. The molecule has 0 unspecified atom stereocenters. The van der Waals surface area contributed by atoms with Gasteiger partial charge in [0.05, 0.1) is 12.6 Å². The summed E-state index contributed by atoms with van der Waals surface area (Å²) in [6, 6.07) is 0. The molecule has 1 aliphatic heterocycles. The molecule has 0 bridgehead atoms. The number of amides is 1. The van der Waals surface area contributed by atoms with Gasteiger partial charge < -0.3 is 4.90 Å². The smallest absolute Gasteiger partial charge is 0.227 e. The highest BCUT2D eigenvalue weighted by atomic mass is 16.2. The molecular formula is C19H28N6O. The molecule has 0 aromatic carbocycles. The lowest BCUT2D eigenvalue weighted by Gasteiger charge is -2.16. The molecule has 140 valence electrons. The topological polar surface area (TPSA) is 79.7 Å². The molecule has 2 fully saturated rings. The summed E-state index contributed by atoms with van der Waals surface area (Å²) in [6.45, 7) is 7.80. The van der Waals surface area contributed by atoms with Crippen molar-refractivity contribution in [3.63, 3.8) is 0 Å². The van der Waals surface area contributed by atoms with Crippen LogP contribution in [0.1, 0.15) is 61.4 Å². The van der Waals surface area contributed by atoms with E-state index in [2.05, 4.69) is 29.1 Å². The van der Waals surface area contributed by atoms with Gasteiger partial charge in [0.15, 0.2) is 5.82 Å². The lowest BCUT2D eigenvalue weighted by Crippen LogP contribution is -2.30. The normalized spacial score (nSPS) is 23.2. The summed E-state index contributed by atoms with van der Waals surface area (Å²) in [6.07, 6.45) is 4.79. The number of carbonyl (C=O) groups excluding carboxylic acids is 1. The van der Waals surface area contributed by atoms with Crippen LogP contribution in [-0.2, 0) is 18.3 Å². The fourth-order valence-electron chi connectivity index (χ4n) is 4.03. The van der Waals surface area contributed by atoms with E-state index >= 15 is 0 Å². The fourth-order valence-corrected chi connectivity index (χ4v) is 4.03. The average molecular weight is 356 g/mol. The molecule has 4 rings (SSSR count). The Labute approximate surface area is 154 Å². The number of aryl methyl sites for hydroxylation is 1. The SMILES string of the molecule is Cc1c(CC(=O)N2C[C@H](c3nc(C(C)C)n[nH]3)[C@@H](C3CC3)C2)cnn1C. The van der Waals surface area contributed by atoms with E-state index < -0.39 is 0 Å². The molecule has 1 aliphatic carbocycles. The van der Waals surface area contributed by atoms with Crippen molar-refractivity contribution in [2.45, 2.75) is 51.9 Å². The van der Waals surface area contributed by atoms with Crippen LogP contribution >= 0.6 is 0 Å². The first-order valence-corrected chi connectivity index (χ1v) is 9.61. The molecular weight excluding hydrogens is 328 g/mol. The zero-order valence-corrected chi connectivity index (χ0v) is 16.1. The predicted octanol–water partition coefficient (Wildman–Crippen LogP) is 2.16. The lowest BCUT2D eigenvalue weighted by atomic mass is 9.91. The van der Waals surface area contributed by atoms with E-state index in [0.29, 0.717) is 18.3 Å². The second-order valence-electron chi connectivity index (χ2n) is 8.20. The van der Waals surface area contributed by atoms with E-state index in [1.54, 1.807) is 0 Å². The van der Waals surface area contributed by atoms with Crippen molar-refractivity contribution in [3.05, 3.63) is 29.1 Å². The van der Waals surface area contributed by atoms with Gasteiger partial charge in [-0.2, -0.15) is 10.2 Å². The monoisotopic (exact) mass is 356 g/mol. The van der Waals surface area contributed by atoms with Crippen molar-refractivity contribution in [2.24, 2.45) is 18.9 Å². The van der Waals surface area contributed by atoms with E-state index in [-0.39, 0.29) is 11.8 Å². The van der Waals surface area contributed by atoms with Crippen LogP contribution in [-0.4, -0.2) is 48.9 Å². The van der Waals surface area contributed by atoms with Crippen molar-refractivity contribution >= 4 is 5.91 Å². The molecule has 2 atom stereocenters. The number of H-pyrrole nitrogens is 1. The van der Waals surface area contributed by atoms with Gasteiger partial charge in [-0.05, 0) is 31.6 Å². The number of hydrogen-bond donors (Lipinski definition) is 1. The summed E-state index contributed by atoms with van der Waals surface area (Å²) in [5.41, 5.74) is 2.08. The molecule has 1 amide bonds. The predicted molar refractivity (Wildman–Crippen MR) is 97.7 cm³/mol. The molecule has 2 aromatic heterocycles. The van der Waals surface area contributed by atoms with Gasteiger partial charge >= 0.3 is 0 Å². The summed E-state index contributed by atoms with van der Waals surface area (Å²) < 4.78 is 1.82. The van der Waals surface area contributed by atoms with Gasteiger partial charge in [0.2, 0.25) is 5.91 Å². The van der Waals surface area contributed by atoms with Crippen molar-refractivity contribution in [1.82, 2.24) is 29.9 Å². The molecule has 0 spiro atoms. The van der Waals surface area contributed by atoms with Gasteiger partial charge in [0.1, 0.15) is 5.82 Å². The second kappa shape index (κ2) is 6.52. The van der Waals surface area contributed by atoms with Gasteiger partial charge in [-0.25, -0.2) is 4.98 Å². The van der Waals surface area contributed by atoms with Crippen molar-refractivity contribution in [2.75, 3.05) is 13.1 Å². The molecule has 0 radical (unpaired) electrons. The van der Waals surface area contributed by atoms with E-state index in [0.717, 1.165) is 41.9 Å². The molecule has 3 heterocycles. The summed E-state index contributed by atoms with van der Waals surface area (Å²) in [7, 11) is 1.91. The largest absolute Gasteiger partial charge is 0.341 e. The Bertz CT molecular complexity index is 803. The number of nitrogens with one attached hydrogen (secondary N) is 1. The van der Waals surface area contributed by atoms with Gasteiger partial charge in [-0.3, -0.25) is 14.6 Å². The average Bonchev–Trinajstić information content (AvgIpc) is 3.04. The van der Waals surface area contributed by atoms with Gasteiger partial charge in [0, 0.05) is 43.2 Å². The maximum Gasteiger partial charge on any atom is 0.227 e. The Hall–Kier alpha value is -2.18. The highest BCUT2D eigenvalue weighted by Crippen LogP contribution is 2.47. The highest BCUT2D eigenvalue weighted by molar-refractivity contribution is 5.79. The summed E-state index contributed by atoms with van der Waals surface area (Å²) in [5.74, 6) is 3.84. The minimum atomic E-state index is 0.192. The van der Waals surface area contributed by atoms with E-state index in [4.69, 9.17) is 4.98 Å². The molecule has 1 N–H and O–H groups in total. The Balaban J connectivity index is 1.50. The fraction of sp³-hybridized carbons (Fsp3) is 0.684. The first kappa shape index (κ1) is 17.2. The van der Waals surface area contributed by atoms with Crippen LogP contribution in [0.3, 0.4) is 0 Å². The summed E-state index contributed by atoms with van der Waals surface area (Å²) >= 11 is 0. The number of rotatable bonds is 5. The van der Waals surface area contributed by atoms with E-state index in [1.165, 1.54) is 12.8 Å². The Kier molecular flexibility index (Phi) is 4.32.